The normalized spacial score (nSPS) is 11.2. The van der Waals surface area contributed by atoms with E-state index in [4.69, 9.17) is 4.74 Å². The van der Waals surface area contributed by atoms with E-state index >= 15 is 0 Å². The number of nitrogens with zero attached hydrogens (tertiary/aromatic N) is 5. The summed E-state index contributed by atoms with van der Waals surface area (Å²) in [6, 6.07) is 8.73. The molecule has 4 aromatic heterocycles. The molecule has 1 N–H and O–H groups in total. The summed E-state index contributed by atoms with van der Waals surface area (Å²) in [7, 11) is 0. The molecule has 0 amide bonds. The first-order valence-corrected chi connectivity index (χ1v) is 10.3. The van der Waals surface area contributed by atoms with Crippen LogP contribution < -0.4 is 4.74 Å². The molecule has 0 fully saturated rings. The lowest BCUT2D eigenvalue weighted by Crippen LogP contribution is -1.96. The van der Waals surface area contributed by atoms with Crippen molar-refractivity contribution in [2.45, 2.75) is 13.5 Å². The zero-order valence-corrected chi connectivity index (χ0v) is 16.7. The summed E-state index contributed by atoms with van der Waals surface area (Å²) >= 11 is 2.97. The van der Waals surface area contributed by atoms with E-state index in [9.17, 15) is 4.39 Å². The molecule has 0 atom stereocenters. The van der Waals surface area contributed by atoms with Gasteiger partial charge < -0.3 is 4.74 Å². The highest BCUT2D eigenvalue weighted by molar-refractivity contribution is 7.16. The fourth-order valence-electron chi connectivity index (χ4n) is 2.86. The van der Waals surface area contributed by atoms with Crippen molar-refractivity contribution in [3.05, 3.63) is 58.4 Å². The number of aryl methyl sites for hydroxylation is 1. The number of nitrogens with one attached hydrogen (secondary N) is 1. The number of ether oxygens (including phenoxy) is 1. The van der Waals surface area contributed by atoms with Crippen molar-refractivity contribution in [1.82, 2.24) is 30.4 Å². The van der Waals surface area contributed by atoms with Gasteiger partial charge in [0.15, 0.2) is 5.82 Å². The summed E-state index contributed by atoms with van der Waals surface area (Å²) in [4.78, 5) is 14.4. The first kappa shape index (κ1) is 17.8. The summed E-state index contributed by atoms with van der Waals surface area (Å²) in [5, 5.41) is 13.6. The maximum absolute atomic E-state index is 14.2. The fourth-order valence-corrected chi connectivity index (χ4v) is 4.68. The summed E-state index contributed by atoms with van der Waals surface area (Å²) in [6.45, 7) is 2.28. The Morgan fingerprint density at radius 2 is 2.14 bits per heavy atom. The monoisotopic (exact) mass is 424 g/mol. The molecule has 144 valence electrons. The second-order valence-electron chi connectivity index (χ2n) is 6.18. The van der Waals surface area contributed by atoms with E-state index in [0.29, 0.717) is 34.1 Å². The average molecular weight is 424 g/mol. The predicted molar refractivity (Wildman–Crippen MR) is 109 cm³/mol. The summed E-state index contributed by atoms with van der Waals surface area (Å²) in [6.07, 6.45) is 1.68. The highest BCUT2D eigenvalue weighted by atomic mass is 32.1. The van der Waals surface area contributed by atoms with Crippen LogP contribution in [0.1, 0.15) is 10.7 Å². The van der Waals surface area contributed by atoms with Crippen molar-refractivity contribution < 1.29 is 9.13 Å². The van der Waals surface area contributed by atoms with E-state index in [0.717, 1.165) is 21.3 Å². The summed E-state index contributed by atoms with van der Waals surface area (Å²) in [5.74, 6) is 0.158. The minimum atomic E-state index is -0.401. The molecule has 0 aliphatic heterocycles. The average Bonchev–Trinajstić information content (AvgIpc) is 3.46. The lowest BCUT2D eigenvalue weighted by molar-refractivity contribution is 0.293. The van der Waals surface area contributed by atoms with E-state index in [1.165, 1.54) is 28.7 Å². The zero-order valence-electron chi connectivity index (χ0n) is 15.1. The molecule has 0 saturated heterocycles. The van der Waals surface area contributed by atoms with Gasteiger partial charge in [-0.15, -0.1) is 27.8 Å². The molecule has 10 heteroatoms. The van der Waals surface area contributed by atoms with Gasteiger partial charge in [0.25, 0.3) is 0 Å². The first-order valence-electron chi connectivity index (χ1n) is 8.64. The molecule has 5 aromatic rings. The van der Waals surface area contributed by atoms with Crippen LogP contribution in [0.3, 0.4) is 0 Å². The second-order valence-corrected chi connectivity index (χ2v) is 8.12. The number of hydrogen-bond donors (Lipinski definition) is 1. The van der Waals surface area contributed by atoms with Gasteiger partial charge >= 0.3 is 0 Å². The number of hydrogen-bond acceptors (Lipinski definition) is 8. The van der Waals surface area contributed by atoms with Gasteiger partial charge in [-0.25, -0.2) is 19.3 Å². The van der Waals surface area contributed by atoms with E-state index in [-0.39, 0.29) is 0 Å². The maximum atomic E-state index is 14.2. The summed E-state index contributed by atoms with van der Waals surface area (Å²) < 4.78 is 19.9. The lowest BCUT2D eigenvalue weighted by Gasteiger charge is -2.01. The SMILES string of the molecule is Cc1nc(COc2ccccn2)sc1-c1csc(-c2cc(F)c3[nH]nnc3c2)n1. The molecule has 0 saturated carbocycles. The van der Waals surface area contributed by atoms with E-state index in [2.05, 4.69) is 30.4 Å². The van der Waals surface area contributed by atoms with Gasteiger partial charge in [0.05, 0.1) is 16.3 Å². The smallest absolute Gasteiger partial charge is 0.213 e. The van der Waals surface area contributed by atoms with Crippen LogP contribution in [-0.4, -0.2) is 30.4 Å². The quantitative estimate of drug-likeness (QED) is 0.443. The van der Waals surface area contributed by atoms with Gasteiger partial charge in [0.2, 0.25) is 5.88 Å². The van der Waals surface area contributed by atoms with E-state index in [1.807, 2.05) is 24.4 Å². The molecular weight excluding hydrogens is 411 g/mol. The number of aromatic amines is 1. The highest BCUT2D eigenvalue weighted by Gasteiger charge is 2.16. The molecular formula is C19H13FN6OS2. The third-order valence-electron chi connectivity index (χ3n) is 4.19. The van der Waals surface area contributed by atoms with Crippen molar-refractivity contribution >= 4 is 33.7 Å². The Hall–Kier alpha value is -3.24. The molecule has 29 heavy (non-hydrogen) atoms. The van der Waals surface area contributed by atoms with Crippen LogP contribution in [0.25, 0.3) is 32.2 Å². The highest BCUT2D eigenvalue weighted by Crippen LogP contribution is 2.35. The zero-order chi connectivity index (χ0) is 19.8. The lowest BCUT2D eigenvalue weighted by atomic mass is 10.2. The minimum Gasteiger partial charge on any atom is -0.470 e. The first-order chi connectivity index (χ1) is 14.2. The molecule has 0 bridgehead atoms. The molecule has 7 nitrogen and oxygen atoms in total. The van der Waals surface area contributed by atoms with Crippen molar-refractivity contribution in [3.8, 4) is 27.0 Å². The molecule has 0 radical (unpaired) electrons. The Kier molecular flexibility index (Phi) is 4.49. The van der Waals surface area contributed by atoms with Gasteiger partial charge in [-0.1, -0.05) is 11.3 Å². The number of thiazole rings is 2. The maximum Gasteiger partial charge on any atom is 0.213 e. The van der Waals surface area contributed by atoms with E-state index in [1.54, 1.807) is 18.3 Å². The van der Waals surface area contributed by atoms with Crippen LogP contribution >= 0.6 is 22.7 Å². The Balaban J connectivity index is 1.40. The Morgan fingerprint density at radius 1 is 1.21 bits per heavy atom. The molecule has 5 rings (SSSR count). The van der Waals surface area contributed by atoms with Gasteiger partial charge in [0.1, 0.15) is 27.7 Å². The van der Waals surface area contributed by atoms with Crippen LogP contribution in [0.15, 0.2) is 41.9 Å². The predicted octanol–water partition coefficient (Wildman–Crippen LogP) is 4.63. The van der Waals surface area contributed by atoms with E-state index < -0.39 is 5.82 Å². The molecule has 0 spiro atoms. The molecule has 0 aliphatic carbocycles. The number of benzene rings is 1. The number of fused-ring (bicyclic) bond motifs is 1. The minimum absolute atomic E-state index is 0.293. The van der Waals surface area contributed by atoms with Gasteiger partial charge in [-0.2, -0.15) is 0 Å². The molecule has 1 aromatic carbocycles. The number of halogens is 1. The number of rotatable bonds is 5. The van der Waals surface area contributed by atoms with Crippen molar-refractivity contribution in [2.75, 3.05) is 0 Å². The van der Waals surface area contributed by atoms with Crippen LogP contribution in [0.5, 0.6) is 5.88 Å². The van der Waals surface area contributed by atoms with Crippen LogP contribution in [0, 0.1) is 12.7 Å². The van der Waals surface area contributed by atoms with Crippen molar-refractivity contribution in [1.29, 1.82) is 0 Å². The van der Waals surface area contributed by atoms with Crippen molar-refractivity contribution in [3.63, 3.8) is 0 Å². The van der Waals surface area contributed by atoms with Crippen LogP contribution in [-0.2, 0) is 6.61 Å². The molecule has 0 aliphatic rings. The standard InChI is InChI=1S/C19H13FN6OS2/c1-10-18(29-16(22-10)8-27-15-4-2-3-5-21-15)14-9-28-19(23-14)11-6-12(20)17-13(7-11)24-26-25-17/h2-7,9H,8H2,1H3,(H,24,25,26). The molecule has 4 heterocycles. The van der Waals surface area contributed by atoms with Crippen molar-refractivity contribution in [2.24, 2.45) is 0 Å². The molecule has 0 unspecified atom stereocenters. The topological polar surface area (TPSA) is 89.5 Å². The third-order valence-corrected chi connectivity index (χ3v) is 6.24. The number of pyridine rings is 1. The van der Waals surface area contributed by atoms with Crippen LogP contribution in [0.4, 0.5) is 4.39 Å². The summed E-state index contributed by atoms with van der Waals surface area (Å²) in [5.41, 5.74) is 3.12. The van der Waals surface area contributed by atoms with Gasteiger partial charge in [-0.05, 0) is 25.1 Å². The second kappa shape index (κ2) is 7.30. The largest absolute Gasteiger partial charge is 0.470 e. The Labute approximate surface area is 172 Å². The van der Waals surface area contributed by atoms with Gasteiger partial charge in [0, 0.05) is 23.2 Å². The van der Waals surface area contributed by atoms with Gasteiger partial charge in [-0.3, -0.25) is 5.10 Å². The Morgan fingerprint density at radius 3 is 3.00 bits per heavy atom. The Bertz CT molecular complexity index is 1300. The fraction of sp³-hybridized carbons (Fsp3) is 0.105. The number of aromatic nitrogens is 6. The third kappa shape index (κ3) is 3.47. The number of H-pyrrole nitrogens is 1. The van der Waals surface area contributed by atoms with Crippen LogP contribution in [0.2, 0.25) is 0 Å².